The van der Waals surface area contributed by atoms with Crippen LogP contribution in [0, 0.1) is 11.3 Å². The molecule has 0 radical (unpaired) electrons. The fourth-order valence-electron chi connectivity index (χ4n) is 2.52. The summed E-state index contributed by atoms with van der Waals surface area (Å²) in [6.07, 6.45) is 0. The van der Waals surface area contributed by atoms with E-state index in [1.54, 1.807) is 19.2 Å². The Bertz CT molecular complexity index is 873. The van der Waals surface area contributed by atoms with Gasteiger partial charge in [0.2, 0.25) is 10.0 Å². The minimum Gasteiger partial charge on any atom is -0.496 e. The fraction of sp³-hybridized carbons (Fsp3) is 0.278. The van der Waals surface area contributed by atoms with Gasteiger partial charge in [-0.25, -0.2) is 13.1 Å². The highest BCUT2D eigenvalue weighted by Crippen LogP contribution is 2.27. The third-order valence-electron chi connectivity index (χ3n) is 3.86. The third kappa shape index (κ3) is 4.57. The van der Waals surface area contributed by atoms with E-state index in [2.05, 4.69) is 4.72 Å². The lowest BCUT2D eigenvalue weighted by atomic mass is 10.1. The van der Waals surface area contributed by atoms with Crippen LogP contribution in [0.2, 0.25) is 0 Å². The van der Waals surface area contributed by atoms with Gasteiger partial charge in [0.1, 0.15) is 5.75 Å². The van der Waals surface area contributed by atoms with Crippen LogP contribution in [0.3, 0.4) is 0 Å². The maximum absolute atomic E-state index is 12.5. The molecular weight excluding hydrogens is 338 g/mol. The Hall–Kier alpha value is -2.40. The summed E-state index contributed by atoms with van der Waals surface area (Å²) in [5.41, 5.74) is 1.19. The number of likely N-dealkylation sites (N-methyl/N-ethyl adjacent to an activating group) is 1. The predicted octanol–water partition coefficient (Wildman–Crippen LogP) is 2.15. The molecule has 1 N–H and O–H groups in total. The minimum atomic E-state index is -3.72. The van der Waals surface area contributed by atoms with Crippen molar-refractivity contribution in [1.82, 2.24) is 9.62 Å². The van der Waals surface area contributed by atoms with E-state index >= 15 is 0 Å². The van der Waals surface area contributed by atoms with Crippen molar-refractivity contribution in [2.24, 2.45) is 0 Å². The number of para-hydroxylation sites is 1. The number of nitriles is 1. The molecule has 0 aliphatic heterocycles. The molecule has 2 aromatic carbocycles. The van der Waals surface area contributed by atoms with Gasteiger partial charge in [-0.15, -0.1) is 0 Å². The van der Waals surface area contributed by atoms with Gasteiger partial charge in [-0.05, 0) is 38.4 Å². The van der Waals surface area contributed by atoms with Gasteiger partial charge in [-0.3, -0.25) is 0 Å². The molecule has 2 aromatic rings. The number of hydrogen-bond donors (Lipinski definition) is 1. The summed E-state index contributed by atoms with van der Waals surface area (Å²) in [5.74, 6) is 0.701. The summed E-state index contributed by atoms with van der Waals surface area (Å²) >= 11 is 0. The highest BCUT2D eigenvalue weighted by Gasteiger charge is 2.22. The molecule has 6 nitrogen and oxygen atoms in total. The van der Waals surface area contributed by atoms with Crippen LogP contribution in [0.25, 0.3) is 0 Å². The molecule has 0 bridgehead atoms. The number of sulfonamides is 1. The second-order valence-electron chi connectivity index (χ2n) is 5.71. The molecule has 0 heterocycles. The summed E-state index contributed by atoms with van der Waals surface area (Å²) in [4.78, 5) is 2.00. The van der Waals surface area contributed by atoms with Crippen LogP contribution in [-0.2, 0) is 10.0 Å². The number of benzene rings is 2. The van der Waals surface area contributed by atoms with Crippen LogP contribution < -0.4 is 9.46 Å². The Morgan fingerprint density at radius 3 is 2.56 bits per heavy atom. The topological polar surface area (TPSA) is 82.4 Å². The maximum atomic E-state index is 12.5. The summed E-state index contributed by atoms with van der Waals surface area (Å²) in [5, 5.41) is 8.94. The normalized spacial score (nSPS) is 12.6. The van der Waals surface area contributed by atoms with Crippen LogP contribution in [0.5, 0.6) is 5.75 Å². The molecule has 0 spiro atoms. The van der Waals surface area contributed by atoms with E-state index in [1.807, 2.05) is 49.3 Å². The summed E-state index contributed by atoms with van der Waals surface area (Å²) in [6.45, 7) is 0.173. The number of ether oxygens (including phenoxy) is 1. The fourth-order valence-corrected chi connectivity index (χ4v) is 3.60. The molecule has 0 saturated heterocycles. The molecule has 0 aliphatic carbocycles. The lowest BCUT2D eigenvalue weighted by Crippen LogP contribution is -2.34. The van der Waals surface area contributed by atoms with Crippen LogP contribution >= 0.6 is 0 Å². The third-order valence-corrected chi connectivity index (χ3v) is 5.28. The van der Waals surface area contributed by atoms with Crippen LogP contribution in [0.15, 0.2) is 53.4 Å². The van der Waals surface area contributed by atoms with Gasteiger partial charge >= 0.3 is 0 Å². The van der Waals surface area contributed by atoms with Gasteiger partial charge in [-0.2, -0.15) is 5.26 Å². The Kier molecular flexibility index (Phi) is 6.15. The van der Waals surface area contributed by atoms with Crippen molar-refractivity contribution in [3.8, 4) is 11.8 Å². The van der Waals surface area contributed by atoms with Crippen LogP contribution in [-0.4, -0.2) is 41.1 Å². The Labute approximate surface area is 148 Å². The number of rotatable bonds is 7. The van der Waals surface area contributed by atoms with E-state index in [0.29, 0.717) is 11.3 Å². The van der Waals surface area contributed by atoms with Crippen molar-refractivity contribution in [1.29, 1.82) is 5.26 Å². The van der Waals surface area contributed by atoms with Crippen molar-refractivity contribution < 1.29 is 13.2 Å². The van der Waals surface area contributed by atoms with Crippen molar-refractivity contribution in [2.75, 3.05) is 27.7 Å². The Morgan fingerprint density at radius 1 is 1.20 bits per heavy atom. The molecule has 132 valence electrons. The van der Waals surface area contributed by atoms with Crippen molar-refractivity contribution in [3.05, 3.63) is 59.7 Å². The zero-order valence-corrected chi connectivity index (χ0v) is 15.2. The van der Waals surface area contributed by atoms with E-state index < -0.39 is 10.0 Å². The molecule has 0 unspecified atom stereocenters. The second kappa shape index (κ2) is 8.12. The highest BCUT2D eigenvalue weighted by molar-refractivity contribution is 7.89. The average Bonchev–Trinajstić information content (AvgIpc) is 2.62. The SMILES string of the molecule is COc1ccccc1[C@@H](CNS(=O)(=O)c1cccc(C#N)c1)N(C)C. The molecule has 0 amide bonds. The molecule has 1 atom stereocenters. The maximum Gasteiger partial charge on any atom is 0.240 e. The quantitative estimate of drug-likeness (QED) is 0.819. The van der Waals surface area contributed by atoms with Crippen molar-refractivity contribution >= 4 is 10.0 Å². The summed E-state index contributed by atoms with van der Waals surface area (Å²) in [6, 6.07) is 15.2. The molecule has 0 aliphatic rings. The molecular formula is C18H21N3O3S. The highest BCUT2D eigenvalue weighted by atomic mass is 32.2. The first-order valence-electron chi connectivity index (χ1n) is 7.68. The zero-order chi connectivity index (χ0) is 18.4. The van der Waals surface area contributed by atoms with Crippen molar-refractivity contribution in [2.45, 2.75) is 10.9 Å². The van der Waals surface area contributed by atoms with Gasteiger partial charge < -0.3 is 9.64 Å². The predicted molar refractivity (Wildman–Crippen MR) is 95.8 cm³/mol. The Balaban J connectivity index is 2.25. The standard InChI is InChI=1S/C18H21N3O3S/c1-21(2)17(16-9-4-5-10-18(16)24-3)13-20-25(22,23)15-8-6-7-14(11-15)12-19/h4-11,17,20H,13H2,1-3H3/t17-/m1/s1. The van der Waals surface area contributed by atoms with E-state index in [9.17, 15) is 8.42 Å². The smallest absolute Gasteiger partial charge is 0.240 e. The van der Waals surface area contributed by atoms with E-state index in [1.165, 1.54) is 12.1 Å². The van der Waals surface area contributed by atoms with Gasteiger partial charge in [0.25, 0.3) is 0 Å². The number of nitrogens with zero attached hydrogens (tertiary/aromatic N) is 2. The van der Waals surface area contributed by atoms with Crippen LogP contribution in [0.1, 0.15) is 17.2 Å². The van der Waals surface area contributed by atoms with Gasteiger partial charge in [0, 0.05) is 12.1 Å². The second-order valence-corrected chi connectivity index (χ2v) is 7.48. The summed E-state index contributed by atoms with van der Waals surface area (Å²) < 4.78 is 33.1. The largest absolute Gasteiger partial charge is 0.496 e. The van der Waals surface area contributed by atoms with Gasteiger partial charge in [0.05, 0.1) is 29.7 Å². The molecule has 2 rings (SSSR count). The van der Waals surface area contributed by atoms with E-state index in [0.717, 1.165) is 5.56 Å². The Morgan fingerprint density at radius 2 is 1.92 bits per heavy atom. The number of nitrogens with one attached hydrogen (secondary N) is 1. The van der Waals surface area contributed by atoms with Gasteiger partial charge in [0.15, 0.2) is 0 Å². The van der Waals surface area contributed by atoms with E-state index in [-0.39, 0.29) is 17.5 Å². The van der Waals surface area contributed by atoms with E-state index in [4.69, 9.17) is 10.00 Å². The minimum absolute atomic E-state index is 0.0732. The molecule has 0 saturated carbocycles. The molecule has 7 heteroatoms. The lowest BCUT2D eigenvalue weighted by molar-refractivity contribution is 0.289. The summed E-state index contributed by atoms with van der Waals surface area (Å²) in [7, 11) is 1.62. The zero-order valence-electron chi connectivity index (χ0n) is 14.4. The number of methoxy groups -OCH3 is 1. The first-order valence-corrected chi connectivity index (χ1v) is 9.16. The first kappa shape index (κ1) is 18.9. The number of hydrogen-bond acceptors (Lipinski definition) is 5. The van der Waals surface area contributed by atoms with Crippen LogP contribution in [0.4, 0.5) is 0 Å². The first-order chi connectivity index (χ1) is 11.9. The molecule has 0 aromatic heterocycles. The van der Waals surface area contributed by atoms with Gasteiger partial charge in [-0.1, -0.05) is 24.3 Å². The lowest BCUT2D eigenvalue weighted by Gasteiger charge is -2.26. The molecule has 0 fully saturated rings. The average molecular weight is 359 g/mol. The van der Waals surface area contributed by atoms with Crippen molar-refractivity contribution in [3.63, 3.8) is 0 Å². The molecule has 25 heavy (non-hydrogen) atoms. The monoisotopic (exact) mass is 359 g/mol.